The predicted octanol–water partition coefficient (Wildman–Crippen LogP) is 2.11. The molecule has 6 nitrogen and oxygen atoms in total. The first-order valence-electron chi connectivity index (χ1n) is 6.69. The molecule has 1 aromatic carbocycles. The molecule has 0 atom stereocenters. The lowest BCUT2D eigenvalue weighted by molar-refractivity contribution is 0.0923. The molecule has 0 fully saturated rings. The number of furan rings is 1. The molecule has 0 radical (unpaired) electrons. The van der Waals surface area contributed by atoms with Crippen molar-refractivity contribution in [3.8, 4) is 0 Å². The molecule has 3 rings (SSSR count). The van der Waals surface area contributed by atoms with Gasteiger partial charge in [-0.1, -0.05) is 18.2 Å². The van der Waals surface area contributed by atoms with E-state index < -0.39 is 0 Å². The number of carbonyl (C=O) groups excluding carboxylic acids is 1. The minimum atomic E-state index is -0.246. The Morgan fingerprint density at radius 3 is 2.71 bits per heavy atom. The van der Waals surface area contributed by atoms with Gasteiger partial charge >= 0.3 is 0 Å². The van der Waals surface area contributed by atoms with Crippen molar-refractivity contribution in [1.82, 2.24) is 20.1 Å². The van der Waals surface area contributed by atoms with Gasteiger partial charge < -0.3 is 14.3 Å². The highest BCUT2D eigenvalue weighted by Crippen LogP contribution is 2.24. The van der Waals surface area contributed by atoms with Crippen LogP contribution in [-0.4, -0.2) is 20.7 Å². The lowest BCUT2D eigenvalue weighted by Crippen LogP contribution is -2.24. The van der Waals surface area contributed by atoms with Gasteiger partial charge in [-0.3, -0.25) is 4.79 Å². The lowest BCUT2D eigenvalue weighted by Gasteiger charge is -2.04. The normalized spacial score (nSPS) is 11.0. The number of rotatable bonds is 3. The number of nitrogens with one attached hydrogen (secondary N) is 1. The molecule has 1 N–H and O–H groups in total. The highest BCUT2D eigenvalue weighted by molar-refractivity contribution is 5.98. The molecular weight excluding hydrogens is 268 g/mol. The molecule has 6 heteroatoms. The van der Waals surface area contributed by atoms with Crippen LogP contribution in [0.3, 0.4) is 0 Å². The maximum atomic E-state index is 12.3. The Morgan fingerprint density at radius 1 is 1.29 bits per heavy atom. The maximum Gasteiger partial charge on any atom is 0.287 e. The summed E-state index contributed by atoms with van der Waals surface area (Å²) in [5, 5.41) is 11.7. The largest absolute Gasteiger partial charge is 0.451 e. The number of benzene rings is 1. The number of carbonyl (C=O) groups is 1. The minimum Gasteiger partial charge on any atom is -0.451 e. The van der Waals surface area contributed by atoms with Crippen molar-refractivity contribution in [2.24, 2.45) is 7.05 Å². The van der Waals surface area contributed by atoms with Gasteiger partial charge in [-0.25, -0.2) is 0 Å². The van der Waals surface area contributed by atoms with E-state index in [0.29, 0.717) is 18.1 Å². The summed E-state index contributed by atoms with van der Waals surface area (Å²) in [6, 6.07) is 7.60. The van der Waals surface area contributed by atoms with E-state index in [1.807, 2.05) is 49.7 Å². The third-order valence-corrected chi connectivity index (χ3v) is 3.64. The zero-order valence-electron chi connectivity index (χ0n) is 12.2. The third kappa shape index (κ3) is 2.29. The fourth-order valence-electron chi connectivity index (χ4n) is 2.24. The van der Waals surface area contributed by atoms with E-state index in [1.165, 1.54) is 0 Å². The molecular formula is C15H16N4O2. The van der Waals surface area contributed by atoms with Crippen molar-refractivity contribution < 1.29 is 9.21 Å². The Bertz CT molecular complexity index is 816. The smallest absolute Gasteiger partial charge is 0.287 e. The molecule has 0 spiro atoms. The number of para-hydroxylation sites is 1. The Kier molecular flexibility index (Phi) is 3.21. The molecule has 2 heterocycles. The van der Waals surface area contributed by atoms with Crippen molar-refractivity contribution in [3.63, 3.8) is 0 Å². The number of fused-ring (bicyclic) bond motifs is 1. The molecule has 3 aromatic rings. The lowest BCUT2D eigenvalue weighted by atomic mass is 10.1. The summed E-state index contributed by atoms with van der Waals surface area (Å²) in [6.45, 7) is 4.06. The Labute approximate surface area is 121 Å². The van der Waals surface area contributed by atoms with Crippen LogP contribution >= 0.6 is 0 Å². The van der Waals surface area contributed by atoms with Crippen LogP contribution in [0.2, 0.25) is 0 Å². The third-order valence-electron chi connectivity index (χ3n) is 3.64. The molecule has 2 aromatic heterocycles. The Balaban J connectivity index is 1.81. The van der Waals surface area contributed by atoms with Crippen molar-refractivity contribution in [1.29, 1.82) is 0 Å². The van der Waals surface area contributed by atoms with Crippen molar-refractivity contribution in [3.05, 3.63) is 47.2 Å². The van der Waals surface area contributed by atoms with Gasteiger partial charge in [0, 0.05) is 18.0 Å². The minimum absolute atomic E-state index is 0.246. The zero-order chi connectivity index (χ0) is 15.0. The average Bonchev–Trinajstić information content (AvgIpc) is 2.99. The van der Waals surface area contributed by atoms with Gasteiger partial charge in [0.25, 0.3) is 5.91 Å². The molecule has 108 valence electrons. The fraction of sp³-hybridized carbons (Fsp3) is 0.267. The summed E-state index contributed by atoms with van der Waals surface area (Å²) in [5.74, 6) is 1.60. The standard InChI is InChI=1S/C15H16N4O2/c1-9-11-6-4-5-7-12(11)21-14(9)15(20)16-8-13-18-17-10(2)19(13)3/h4-7H,8H2,1-3H3,(H,16,20). The van der Waals surface area contributed by atoms with Crippen molar-refractivity contribution in [2.75, 3.05) is 0 Å². The molecule has 0 unspecified atom stereocenters. The first kappa shape index (κ1) is 13.4. The van der Waals surface area contributed by atoms with Crippen LogP contribution in [0, 0.1) is 13.8 Å². The van der Waals surface area contributed by atoms with Crippen LogP contribution in [0.5, 0.6) is 0 Å². The van der Waals surface area contributed by atoms with E-state index >= 15 is 0 Å². The van der Waals surface area contributed by atoms with E-state index in [0.717, 1.165) is 22.4 Å². The number of hydrogen-bond donors (Lipinski definition) is 1. The van der Waals surface area contributed by atoms with E-state index in [1.54, 1.807) is 0 Å². The molecule has 1 amide bonds. The highest BCUT2D eigenvalue weighted by Gasteiger charge is 2.17. The summed E-state index contributed by atoms with van der Waals surface area (Å²) in [6.07, 6.45) is 0. The second-order valence-corrected chi connectivity index (χ2v) is 4.96. The quantitative estimate of drug-likeness (QED) is 0.799. The van der Waals surface area contributed by atoms with Gasteiger partial charge in [-0.15, -0.1) is 10.2 Å². The average molecular weight is 284 g/mol. The zero-order valence-corrected chi connectivity index (χ0v) is 12.2. The van der Waals surface area contributed by atoms with E-state index in [-0.39, 0.29) is 5.91 Å². The number of hydrogen-bond acceptors (Lipinski definition) is 4. The van der Waals surface area contributed by atoms with Crippen LogP contribution in [0.25, 0.3) is 11.0 Å². The van der Waals surface area contributed by atoms with Gasteiger partial charge in [-0.2, -0.15) is 0 Å². The topological polar surface area (TPSA) is 73.0 Å². The number of amides is 1. The molecule has 0 bridgehead atoms. The fourth-order valence-corrected chi connectivity index (χ4v) is 2.24. The van der Waals surface area contributed by atoms with Crippen LogP contribution in [0.15, 0.2) is 28.7 Å². The van der Waals surface area contributed by atoms with Crippen LogP contribution < -0.4 is 5.32 Å². The molecule has 0 aliphatic rings. The predicted molar refractivity (Wildman–Crippen MR) is 77.9 cm³/mol. The molecule has 0 saturated heterocycles. The second kappa shape index (κ2) is 5.05. The van der Waals surface area contributed by atoms with Gasteiger partial charge in [0.1, 0.15) is 11.4 Å². The van der Waals surface area contributed by atoms with Crippen molar-refractivity contribution >= 4 is 16.9 Å². The Hall–Kier alpha value is -2.63. The molecule has 0 saturated carbocycles. The molecule has 0 aliphatic carbocycles. The number of nitrogens with zero attached hydrogens (tertiary/aromatic N) is 3. The summed E-state index contributed by atoms with van der Waals surface area (Å²) in [4.78, 5) is 12.3. The van der Waals surface area contributed by atoms with Crippen LogP contribution in [-0.2, 0) is 13.6 Å². The second-order valence-electron chi connectivity index (χ2n) is 4.96. The summed E-state index contributed by atoms with van der Waals surface area (Å²) in [7, 11) is 1.86. The van der Waals surface area contributed by atoms with E-state index in [4.69, 9.17) is 4.42 Å². The van der Waals surface area contributed by atoms with E-state index in [9.17, 15) is 4.79 Å². The highest BCUT2D eigenvalue weighted by atomic mass is 16.3. The Morgan fingerprint density at radius 2 is 2.05 bits per heavy atom. The summed E-state index contributed by atoms with van der Waals surface area (Å²) < 4.78 is 7.47. The van der Waals surface area contributed by atoms with Crippen LogP contribution in [0.1, 0.15) is 27.8 Å². The van der Waals surface area contributed by atoms with Gasteiger partial charge in [-0.05, 0) is 19.9 Å². The van der Waals surface area contributed by atoms with Gasteiger partial charge in [0.2, 0.25) is 0 Å². The first-order chi connectivity index (χ1) is 10.1. The van der Waals surface area contributed by atoms with Crippen LogP contribution in [0.4, 0.5) is 0 Å². The first-order valence-corrected chi connectivity index (χ1v) is 6.69. The van der Waals surface area contributed by atoms with Gasteiger partial charge in [0.15, 0.2) is 11.6 Å². The molecule has 0 aliphatic heterocycles. The SMILES string of the molecule is Cc1c(C(=O)NCc2nnc(C)n2C)oc2ccccc12. The van der Waals surface area contributed by atoms with E-state index in [2.05, 4.69) is 15.5 Å². The number of aromatic nitrogens is 3. The summed E-state index contributed by atoms with van der Waals surface area (Å²) >= 11 is 0. The number of aryl methyl sites for hydroxylation is 2. The molecule has 21 heavy (non-hydrogen) atoms. The maximum absolute atomic E-state index is 12.3. The monoisotopic (exact) mass is 284 g/mol. The van der Waals surface area contributed by atoms with Gasteiger partial charge in [0.05, 0.1) is 6.54 Å². The van der Waals surface area contributed by atoms with Crippen molar-refractivity contribution in [2.45, 2.75) is 20.4 Å². The summed E-state index contributed by atoms with van der Waals surface area (Å²) in [5.41, 5.74) is 1.56.